The van der Waals surface area contributed by atoms with E-state index in [-0.39, 0.29) is 12.4 Å². The third kappa shape index (κ3) is 3.70. The van der Waals surface area contributed by atoms with E-state index >= 15 is 0 Å². The van der Waals surface area contributed by atoms with Crippen LogP contribution in [0.4, 0.5) is 0 Å². The van der Waals surface area contributed by atoms with Gasteiger partial charge >= 0.3 is 0 Å². The molecule has 104 valence electrons. The summed E-state index contributed by atoms with van der Waals surface area (Å²) in [6.07, 6.45) is 2.16. The molecule has 0 saturated carbocycles. The summed E-state index contributed by atoms with van der Waals surface area (Å²) in [4.78, 5) is 12.1. The molecule has 2 nitrogen and oxygen atoms in total. The maximum Gasteiger partial charge on any atom is 0.200 e. The van der Waals surface area contributed by atoms with Crippen LogP contribution in [0.5, 0.6) is 5.75 Å². The Morgan fingerprint density at radius 1 is 1.05 bits per heavy atom. The molecule has 2 heteroatoms. The Morgan fingerprint density at radius 3 is 2.40 bits per heavy atom. The fourth-order valence-electron chi connectivity index (χ4n) is 2.09. The third-order valence-electron chi connectivity index (χ3n) is 3.27. The van der Waals surface area contributed by atoms with E-state index in [1.807, 2.05) is 55.5 Å². The SMILES string of the molecule is CCCc1ccc(C(=O)COc2ccccc2C)cc1. The number of ketones is 1. The van der Waals surface area contributed by atoms with Gasteiger partial charge in [-0.2, -0.15) is 0 Å². The number of ether oxygens (including phenoxy) is 1. The number of Topliss-reactive ketones (excluding diaryl/α,β-unsaturated/α-hetero) is 1. The second-order valence-corrected chi connectivity index (χ2v) is 4.92. The molecule has 0 spiro atoms. The molecule has 0 amide bonds. The highest BCUT2D eigenvalue weighted by Crippen LogP contribution is 2.16. The van der Waals surface area contributed by atoms with Crippen LogP contribution in [0.2, 0.25) is 0 Å². The number of rotatable bonds is 6. The number of hydrogen-bond acceptors (Lipinski definition) is 2. The van der Waals surface area contributed by atoms with Crippen LogP contribution in [0, 0.1) is 6.92 Å². The van der Waals surface area contributed by atoms with Crippen LogP contribution in [0.15, 0.2) is 48.5 Å². The average molecular weight is 268 g/mol. The van der Waals surface area contributed by atoms with Crippen molar-refractivity contribution in [3.05, 3.63) is 65.2 Å². The van der Waals surface area contributed by atoms with Crippen molar-refractivity contribution >= 4 is 5.78 Å². The van der Waals surface area contributed by atoms with Crippen LogP contribution >= 0.6 is 0 Å². The zero-order valence-electron chi connectivity index (χ0n) is 12.1. The summed E-state index contributed by atoms with van der Waals surface area (Å²) in [5.41, 5.74) is 3.01. The van der Waals surface area contributed by atoms with Crippen LogP contribution in [-0.2, 0) is 6.42 Å². The van der Waals surface area contributed by atoms with Crippen molar-refractivity contribution in [3.8, 4) is 5.75 Å². The summed E-state index contributed by atoms with van der Waals surface area (Å²) >= 11 is 0. The van der Waals surface area contributed by atoms with E-state index in [4.69, 9.17) is 4.74 Å². The number of carbonyl (C=O) groups excluding carboxylic acids is 1. The van der Waals surface area contributed by atoms with Gasteiger partial charge in [-0.1, -0.05) is 55.8 Å². The minimum atomic E-state index is 0.0105. The maximum absolute atomic E-state index is 12.1. The van der Waals surface area contributed by atoms with E-state index in [0.29, 0.717) is 5.56 Å². The second kappa shape index (κ2) is 6.90. The summed E-state index contributed by atoms with van der Waals surface area (Å²) in [6, 6.07) is 15.5. The van der Waals surface area contributed by atoms with Crippen molar-refractivity contribution < 1.29 is 9.53 Å². The van der Waals surface area contributed by atoms with E-state index in [9.17, 15) is 4.79 Å². The van der Waals surface area contributed by atoms with Crippen LogP contribution in [0.25, 0.3) is 0 Å². The van der Waals surface area contributed by atoms with Gasteiger partial charge in [0.2, 0.25) is 0 Å². The van der Waals surface area contributed by atoms with Gasteiger partial charge in [0.05, 0.1) is 0 Å². The number of hydrogen-bond donors (Lipinski definition) is 0. The van der Waals surface area contributed by atoms with E-state index in [1.165, 1.54) is 5.56 Å². The summed E-state index contributed by atoms with van der Waals surface area (Å²) in [7, 11) is 0. The van der Waals surface area contributed by atoms with E-state index in [1.54, 1.807) is 0 Å². The lowest BCUT2D eigenvalue weighted by Gasteiger charge is -2.08. The Hall–Kier alpha value is -2.09. The van der Waals surface area contributed by atoms with E-state index in [2.05, 4.69) is 6.92 Å². The maximum atomic E-state index is 12.1. The number of para-hydroxylation sites is 1. The molecule has 20 heavy (non-hydrogen) atoms. The second-order valence-electron chi connectivity index (χ2n) is 4.92. The lowest BCUT2D eigenvalue weighted by Crippen LogP contribution is -2.12. The van der Waals surface area contributed by atoms with Gasteiger partial charge in [-0.05, 0) is 30.5 Å². The molecular formula is C18H20O2. The first-order valence-corrected chi connectivity index (χ1v) is 7.01. The Kier molecular flexibility index (Phi) is 4.94. The monoisotopic (exact) mass is 268 g/mol. The lowest BCUT2D eigenvalue weighted by molar-refractivity contribution is 0.0921. The number of aryl methyl sites for hydroxylation is 2. The van der Waals surface area contributed by atoms with E-state index < -0.39 is 0 Å². The molecule has 0 saturated heterocycles. The summed E-state index contributed by atoms with van der Waals surface area (Å²) in [6.45, 7) is 4.20. The van der Waals surface area contributed by atoms with Crippen molar-refractivity contribution in [2.75, 3.05) is 6.61 Å². The third-order valence-corrected chi connectivity index (χ3v) is 3.27. The van der Waals surface area contributed by atoms with Gasteiger partial charge < -0.3 is 4.74 Å². The molecule has 0 aliphatic heterocycles. The molecule has 0 aromatic heterocycles. The molecule has 0 aliphatic carbocycles. The van der Waals surface area contributed by atoms with Gasteiger partial charge in [0.25, 0.3) is 0 Å². The van der Waals surface area contributed by atoms with Crippen LogP contribution in [0.1, 0.15) is 34.8 Å². The van der Waals surface area contributed by atoms with Gasteiger partial charge in [-0.25, -0.2) is 0 Å². The minimum absolute atomic E-state index is 0.0105. The summed E-state index contributed by atoms with van der Waals surface area (Å²) < 4.78 is 5.58. The zero-order chi connectivity index (χ0) is 14.4. The highest BCUT2D eigenvalue weighted by Gasteiger charge is 2.07. The standard InChI is InChI=1S/C18H20O2/c1-3-6-15-9-11-16(12-10-15)17(19)13-20-18-8-5-4-7-14(18)2/h4-5,7-12H,3,6,13H2,1-2H3. The van der Waals surface area contributed by atoms with Gasteiger partial charge in [0.15, 0.2) is 12.4 Å². The highest BCUT2D eigenvalue weighted by molar-refractivity contribution is 5.97. The molecular weight excluding hydrogens is 248 g/mol. The van der Waals surface area contributed by atoms with Crippen molar-refractivity contribution in [2.24, 2.45) is 0 Å². The van der Waals surface area contributed by atoms with Gasteiger partial charge in [-0.3, -0.25) is 4.79 Å². The smallest absolute Gasteiger partial charge is 0.200 e. The van der Waals surface area contributed by atoms with Crippen LogP contribution in [0.3, 0.4) is 0 Å². The van der Waals surface area contributed by atoms with Crippen molar-refractivity contribution in [1.82, 2.24) is 0 Å². The zero-order valence-corrected chi connectivity index (χ0v) is 12.1. The quantitative estimate of drug-likeness (QED) is 0.734. The molecule has 0 fully saturated rings. The van der Waals surface area contributed by atoms with Gasteiger partial charge in [-0.15, -0.1) is 0 Å². The molecule has 0 heterocycles. The van der Waals surface area contributed by atoms with Gasteiger partial charge in [0, 0.05) is 5.56 Å². The number of benzene rings is 2. The summed E-state index contributed by atoms with van der Waals surface area (Å²) in [5.74, 6) is 0.778. The topological polar surface area (TPSA) is 26.3 Å². The van der Waals surface area contributed by atoms with Gasteiger partial charge in [0.1, 0.15) is 5.75 Å². The highest BCUT2D eigenvalue weighted by atomic mass is 16.5. The Morgan fingerprint density at radius 2 is 1.75 bits per heavy atom. The fourth-order valence-corrected chi connectivity index (χ4v) is 2.09. The van der Waals surface area contributed by atoms with Crippen molar-refractivity contribution in [3.63, 3.8) is 0 Å². The Bertz CT molecular complexity index is 570. The Balaban J connectivity index is 1.96. The molecule has 0 radical (unpaired) electrons. The average Bonchev–Trinajstić information content (AvgIpc) is 2.47. The molecule has 0 atom stereocenters. The largest absolute Gasteiger partial charge is 0.485 e. The van der Waals surface area contributed by atoms with E-state index in [0.717, 1.165) is 24.2 Å². The molecule has 0 aliphatic rings. The van der Waals surface area contributed by atoms with Crippen LogP contribution in [-0.4, -0.2) is 12.4 Å². The first-order chi connectivity index (χ1) is 9.70. The Labute approximate surface area is 120 Å². The molecule has 2 aromatic carbocycles. The predicted molar refractivity (Wildman–Crippen MR) is 81.4 cm³/mol. The lowest BCUT2D eigenvalue weighted by atomic mass is 10.1. The molecule has 2 rings (SSSR count). The normalized spacial score (nSPS) is 10.3. The molecule has 0 unspecified atom stereocenters. The van der Waals surface area contributed by atoms with Crippen LogP contribution < -0.4 is 4.74 Å². The van der Waals surface area contributed by atoms with Crippen molar-refractivity contribution in [1.29, 1.82) is 0 Å². The molecule has 2 aromatic rings. The first-order valence-electron chi connectivity index (χ1n) is 7.01. The molecule has 0 bridgehead atoms. The first kappa shape index (κ1) is 14.3. The molecule has 0 N–H and O–H groups in total. The summed E-state index contributed by atoms with van der Waals surface area (Å²) in [5, 5.41) is 0. The predicted octanol–water partition coefficient (Wildman–Crippen LogP) is 4.21. The van der Waals surface area contributed by atoms with Crippen molar-refractivity contribution in [2.45, 2.75) is 26.7 Å². The fraction of sp³-hybridized carbons (Fsp3) is 0.278. The number of carbonyl (C=O) groups is 1. The minimum Gasteiger partial charge on any atom is -0.485 e.